The van der Waals surface area contributed by atoms with E-state index < -0.39 is 0 Å². The van der Waals surface area contributed by atoms with Crippen molar-refractivity contribution in [3.63, 3.8) is 0 Å². The van der Waals surface area contributed by atoms with Gasteiger partial charge in [-0.15, -0.1) is 0 Å². The quantitative estimate of drug-likeness (QED) is 0.896. The molecule has 0 saturated heterocycles. The lowest BCUT2D eigenvalue weighted by Crippen LogP contribution is -2.29. The van der Waals surface area contributed by atoms with Gasteiger partial charge in [0.1, 0.15) is 5.82 Å². The second kappa shape index (κ2) is 5.80. The minimum absolute atomic E-state index is 0.631. The molecule has 0 aliphatic heterocycles. The molecule has 2 aliphatic carbocycles. The van der Waals surface area contributed by atoms with Crippen LogP contribution >= 0.6 is 0 Å². The third kappa shape index (κ3) is 3.38. The van der Waals surface area contributed by atoms with Crippen molar-refractivity contribution in [3.8, 4) is 0 Å². The van der Waals surface area contributed by atoms with Gasteiger partial charge in [0, 0.05) is 23.9 Å². The average Bonchev–Trinajstić information content (AvgIpc) is 3.20. The minimum Gasteiger partial charge on any atom is -0.314 e. The number of nitrogens with zero attached hydrogens (tertiary/aromatic N) is 2. The van der Waals surface area contributed by atoms with E-state index in [0.717, 1.165) is 30.6 Å². The predicted molar refractivity (Wildman–Crippen MR) is 81.9 cm³/mol. The second-order valence-electron chi connectivity index (χ2n) is 7.04. The van der Waals surface area contributed by atoms with Crippen LogP contribution < -0.4 is 5.32 Å². The van der Waals surface area contributed by atoms with Gasteiger partial charge in [0.05, 0.1) is 0 Å². The van der Waals surface area contributed by atoms with Gasteiger partial charge in [-0.1, -0.05) is 13.8 Å². The Hall–Kier alpha value is -0.960. The molecule has 1 aromatic rings. The van der Waals surface area contributed by atoms with Crippen LogP contribution in [0.15, 0.2) is 0 Å². The fraction of sp³-hybridized carbons (Fsp3) is 0.765. The zero-order valence-electron chi connectivity index (χ0n) is 13.1. The van der Waals surface area contributed by atoms with Gasteiger partial charge in [0.2, 0.25) is 0 Å². The summed E-state index contributed by atoms with van der Waals surface area (Å²) < 4.78 is 0. The molecular formula is C17H27N3. The third-order valence-corrected chi connectivity index (χ3v) is 4.49. The van der Waals surface area contributed by atoms with Gasteiger partial charge in [-0.05, 0) is 63.0 Å². The van der Waals surface area contributed by atoms with Gasteiger partial charge in [-0.25, -0.2) is 9.97 Å². The molecule has 110 valence electrons. The Morgan fingerprint density at radius 1 is 1.20 bits per heavy atom. The Bertz CT molecular complexity index is 477. The van der Waals surface area contributed by atoms with E-state index in [1.54, 1.807) is 0 Å². The normalized spacial score (nSPS) is 22.1. The summed E-state index contributed by atoms with van der Waals surface area (Å²) in [4.78, 5) is 9.56. The number of nitrogens with one attached hydrogen (secondary N) is 1. The number of rotatable bonds is 5. The molecule has 2 aliphatic rings. The Morgan fingerprint density at radius 2 is 2.00 bits per heavy atom. The summed E-state index contributed by atoms with van der Waals surface area (Å²) in [5.41, 5.74) is 3.99. The summed E-state index contributed by atoms with van der Waals surface area (Å²) in [6, 6.07) is 0.821. The maximum Gasteiger partial charge on any atom is 0.129 e. The van der Waals surface area contributed by atoms with Crippen LogP contribution in [-0.4, -0.2) is 22.6 Å². The standard InChI is InChI=1S/C17H27N3/c1-11(2)8-17-19-12(3)15-9-13(4-7-16(15)20-17)10-18-14-5-6-14/h11,13-14,18H,4-10H2,1-3H3. The molecule has 1 saturated carbocycles. The zero-order valence-corrected chi connectivity index (χ0v) is 13.1. The fourth-order valence-electron chi connectivity index (χ4n) is 3.17. The van der Waals surface area contributed by atoms with Crippen LogP contribution in [0.3, 0.4) is 0 Å². The van der Waals surface area contributed by atoms with Gasteiger partial charge in [0.15, 0.2) is 0 Å². The Kier molecular flexibility index (Phi) is 4.06. The number of hydrogen-bond donors (Lipinski definition) is 1. The predicted octanol–water partition coefficient (Wildman–Crippen LogP) is 2.84. The third-order valence-electron chi connectivity index (χ3n) is 4.49. The van der Waals surface area contributed by atoms with Crippen molar-refractivity contribution < 1.29 is 0 Å². The lowest BCUT2D eigenvalue weighted by atomic mass is 9.85. The van der Waals surface area contributed by atoms with Gasteiger partial charge in [-0.3, -0.25) is 0 Å². The molecule has 0 aromatic carbocycles. The molecule has 0 amide bonds. The second-order valence-corrected chi connectivity index (χ2v) is 7.04. The van der Waals surface area contributed by atoms with Gasteiger partial charge >= 0.3 is 0 Å². The first-order chi connectivity index (χ1) is 9.61. The fourth-order valence-corrected chi connectivity index (χ4v) is 3.17. The van der Waals surface area contributed by atoms with Crippen molar-refractivity contribution in [2.45, 2.75) is 65.3 Å². The highest BCUT2D eigenvalue weighted by molar-refractivity contribution is 5.28. The Morgan fingerprint density at radius 3 is 2.70 bits per heavy atom. The smallest absolute Gasteiger partial charge is 0.129 e. The molecule has 3 nitrogen and oxygen atoms in total. The van der Waals surface area contributed by atoms with E-state index in [2.05, 4.69) is 26.1 Å². The van der Waals surface area contributed by atoms with Crippen molar-refractivity contribution in [2.24, 2.45) is 11.8 Å². The molecule has 0 spiro atoms. The van der Waals surface area contributed by atoms with E-state index in [0.29, 0.717) is 5.92 Å². The molecule has 20 heavy (non-hydrogen) atoms. The molecule has 1 unspecified atom stereocenters. The lowest BCUT2D eigenvalue weighted by molar-refractivity contribution is 0.415. The van der Waals surface area contributed by atoms with Crippen LogP contribution in [0.1, 0.15) is 55.9 Å². The first-order valence-electron chi connectivity index (χ1n) is 8.20. The number of fused-ring (bicyclic) bond motifs is 1. The molecule has 1 aromatic heterocycles. The average molecular weight is 273 g/mol. The summed E-state index contributed by atoms with van der Waals surface area (Å²) in [6.45, 7) is 7.81. The summed E-state index contributed by atoms with van der Waals surface area (Å²) >= 11 is 0. The first-order valence-corrected chi connectivity index (χ1v) is 8.20. The summed E-state index contributed by atoms with van der Waals surface area (Å²) in [5.74, 6) is 2.46. The molecule has 3 rings (SSSR count). The molecular weight excluding hydrogens is 246 g/mol. The molecule has 1 N–H and O–H groups in total. The highest BCUT2D eigenvalue weighted by Crippen LogP contribution is 2.27. The maximum atomic E-state index is 4.82. The van der Waals surface area contributed by atoms with Gasteiger partial charge in [0.25, 0.3) is 0 Å². The highest BCUT2D eigenvalue weighted by Gasteiger charge is 2.26. The molecule has 1 fully saturated rings. The van der Waals surface area contributed by atoms with E-state index in [1.807, 2.05) is 0 Å². The monoisotopic (exact) mass is 273 g/mol. The lowest BCUT2D eigenvalue weighted by Gasteiger charge is -2.26. The summed E-state index contributed by atoms with van der Waals surface area (Å²) in [6.07, 6.45) is 7.35. The van der Waals surface area contributed by atoms with Crippen LogP contribution in [0.4, 0.5) is 0 Å². The summed E-state index contributed by atoms with van der Waals surface area (Å²) in [5, 5.41) is 3.67. The van der Waals surface area contributed by atoms with Crippen LogP contribution in [0, 0.1) is 18.8 Å². The molecule has 1 atom stereocenters. The minimum atomic E-state index is 0.631. The number of aromatic nitrogens is 2. The van der Waals surface area contributed by atoms with Crippen molar-refractivity contribution >= 4 is 0 Å². The Labute approximate surface area is 122 Å². The zero-order chi connectivity index (χ0) is 14.1. The van der Waals surface area contributed by atoms with Crippen LogP contribution in [-0.2, 0) is 19.3 Å². The van der Waals surface area contributed by atoms with Gasteiger partial charge < -0.3 is 5.32 Å². The van der Waals surface area contributed by atoms with Crippen molar-refractivity contribution in [3.05, 3.63) is 22.8 Å². The highest BCUT2D eigenvalue weighted by atomic mass is 14.9. The van der Waals surface area contributed by atoms with Crippen LogP contribution in [0.25, 0.3) is 0 Å². The SMILES string of the molecule is Cc1nc(CC(C)C)nc2c1CC(CNC1CC1)CC2. The molecule has 0 radical (unpaired) electrons. The van der Waals surface area contributed by atoms with Crippen LogP contribution in [0.2, 0.25) is 0 Å². The van der Waals surface area contributed by atoms with E-state index in [1.165, 1.54) is 49.2 Å². The van der Waals surface area contributed by atoms with E-state index in [-0.39, 0.29) is 0 Å². The molecule has 0 bridgehead atoms. The van der Waals surface area contributed by atoms with E-state index in [9.17, 15) is 0 Å². The van der Waals surface area contributed by atoms with E-state index >= 15 is 0 Å². The molecule has 3 heteroatoms. The number of hydrogen-bond acceptors (Lipinski definition) is 3. The van der Waals surface area contributed by atoms with Crippen molar-refractivity contribution in [1.29, 1.82) is 0 Å². The Balaban J connectivity index is 1.69. The molecule has 1 heterocycles. The first kappa shape index (κ1) is 14.0. The van der Waals surface area contributed by atoms with Crippen LogP contribution in [0.5, 0.6) is 0 Å². The number of aryl methyl sites for hydroxylation is 2. The van der Waals surface area contributed by atoms with Crippen molar-refractivity contribution in [2.75, 3.05) is 6.54 Å². The van der Waals surface area contributed by atoms with Gasteiger partial charge in [-0.2, -0.15) is 0 Å². The topological polar surface area (TPSA) is 37.8 Å². The summed E-state index contributed by atoms with van der Waals surface area (Å²) in [7, 11) is 0. The maximum absolute atomic E-state index is 4.82. The largest absolute Gasteiger partial charge is 0.314 e. The van der Waals surface area contributed by atoms with Crippen molar-refractivity contribution in [1.82, 2.24) is 15.3 Å². The van der Waals surface area contributed by atoms with E-state index in [4.69, 9.17) is 9.97 Å².